The molecule has 3 heterocycles. The fourth-order valence-electron chi connectivity index (χ4n) is 7.72. The third-order valence-corrected chi connectivity index (χ3v) is 10.3. The Morgan fingerprint density at radius 2 is 0.889 bits per heavy atom. The van der Waals surface area contributed by atoms with E-state index in [-0.39, 0.29) is 0 Å². The zero-order valence-electron chi connectivity index (χ0n) is 28.9. The van der Waals surface area contributed by atoms with Gasteiger partial charge in [0.2, 0.25) is 5.89 Å². The molecule has 5 heteroatoms. The molecule has 0 atom stereocenters. The Hall–Kier alpha value is -7.37. The SMILES string of the molecule is c1ccc(-c2ccc(N(c3ccc(-c4c5oc(-c6ccccc6)nc5cc5c4oc4ccccc45)cc3)c3ccc4oc5ccccc5c4c3)cc2)cc1. The number of rotatable bonds is 6. The third kappa shape index (κ3) is 4.90. The normalized spacial score (nSPS) is 11.7. The van der Waals surface area contributed by atoms with Gasteiger partial charge in [-0.05, 0) is 89.5 Å². The van der Waals surface area contributed by atoms with Gasteiger partial charge in [-0.1, -0.05) is 109 Å². The van der Waals surface area contributed by atoms with Gasteiger partial charge in [0.25, 0.3) is 0 Å². The molecule has 0 N–H and O–H groups in total. The van der Waals surface area contributed by atoms with Gasteiger partial charge in [0.05, 0.1) is 5.56 Å². The molecule has 0 saturated heterocycles. The minimum absolute atomic E-state index is 0.577. The second-order valence-corrected chi connectivity index (χ2v) is 13.5. The molecule has 0 amide bonds. The summed E-state index contributed by atoms with van der Waals surface area (Å²) >= 11 is 0. The number of hydrogen-bond donors (Lipinski definition) is 0. The van der Waals surface area contributed by atoms with Crippen LogP contribution in [0.1, 0.15) is 0 Å². The molecule has 54 heavy (non-hydrogen) atoms. The number of benzene rings is 8. The summed E-state index contributed by atoms with van der Waals surface area (Å²) in [6, 6.07) is 62.7. The summed E-state index contributed by atoms with van der Waals surface area (Å²) in [6.45, 7) is 0. The van der Waals surface area contributed by atoms with E-state index in [1.54, 1.807) is 0 Å². The van der Waals surface area contributed by atoms with E-state index in [0.29, 0.717) is 11.5 Å². The summed E-state index contributed by atoms with van der Waals surface area (Å²) in [5, 5.41) is 4.22. The Balaban J connectivity index is 1.08. The molecule has 0 bridgehead atoms. The van der Waals surface area contributed by atoms with E-state index in [4.69, 9.17) is 18.2 Å². The van der Waals surface area contributed by atoms with Crippen LogP contribution in [-0.2, 0) is 0 Å². The fraction of sp³-hybridized carbons (Fsp3) is 0. The molecule has 0 aliphatic rings. The molecule has 0 aliphatic heterocycles. The van der Waals surface area contributed by atoms with E-state index in [1.165, 1.54) is 5.56 Å². The van der Waals surface area contributed by atoms with Crippen LogP contribution in [0.5, 0.6) is 0 Å². The van der Waals surface area contributed by atoms with Crippen LogP contribution >= 0.6 is 0 Å². The maximum atomic E-state index is 6.59. The highest BCUT2D eigenvalue weighted by atomic mass is 16.4. The summed E-state index contributed by atoms with van der Waals surface area (Å²) in [5.41, 5.74) is 13.0. The molecule has 5 nitrogen and oxygen atoms in total. The monoisotopic (exact) mass is 694 g/mol. The van der Waals surface area contributed by atoms with Crippen LogP contribution in [0, 0.1) is 0 Å². The molecular weight excluding hydrogens is 665 g/mol. The molecule has 11 aromatic rings. The summed E-state index contributed by atoms with van der Waals surface area (Å²) in [4.78, 5) is 7.27. The summed E-state index contributed by atoms with van der Waals surface area (Å²) in [5.74, 6) is 0.577. The Morgan fingerprint density at radius 3 is 1.59 bits per heavy atom. The van der Waals surface area contributed by atoms with Crippen molar-refractivity contribution in [1.29, 1.82) is 0 Å². The fourth-order valence-corrected chi connectivity index (χ4v) is 7.72. The second kappa shape index (κ2) is 12.1. The van der Waals surface area contributed by atoms with Gasteiger partial charge < -0.3 is 18.2 Å². The van der Waals surface area contributed by atoms with Crippen molar-refractivity contribution >= 4 is 72.0 Å². The lowest BCUT2D eigenvalue weighted by Crippen LogP contribution is -2.09. The van der Waals surface area contributed by atoms with Crippen LogP contribution in [-0.4, -0.2) is 4.98 Å². The third-order valence-electron chi connectivity index (χ3n) is 10.3. The molecule has 11 rings (SSSR count). The van der Waals surface area contributed by atoms with E-state index < -0.39 is 0 Å². The maximum absolute atomic E-state index is 6.59. The molecule has 0 fully saturated rings. The van der Waals surface area contributed by atoms with E-state index in [1.807, 2.05) is 66.7 Å². The number of nitrogens with zero attached hydrogens (tertiary/aromatic N) is 2. The van der Waals surface area contributed by atoms with Gasteiger partial charge in [0.15, 0.2) is 5.58 Å². The quantitative estimate of drug-likeness (QED) is 0.173. The second-order valence-electron chi connectivity index (χ2n) is 13.5. The highest BCUT2D eigenvalue weighted by Crippen LogP contribution is 2.44. The lowest BCUT2D eigenvalue weighted by molar-refractivity contribution is 0.619. The lowest BCUT2D eigenvalue weighted by Gasteiger charge is -2.26. The predicted molar refractivity (Wildman–Crippen MR) is 220 cm³/mol. The first-order valence-electron chi connectivity index (χ1n) is 18.0. The van der Waals surface area contributed by atoms with Crippen LogP contribution in [0.15, 0.2) is 195 Å². The van der Waals surface area contributed by atoms with Gasteiger partial charge >= 0.3 is 0 Å². The lowest BCUT2D eigenvalue weighted by atomic mass is 10.00. The molecule has 3 aromatic heterocycles. The molecule has 0 saturated carbocycles. The van der Waals surface area contributed by atoms with Gasteiger partial charge in [0, 0.05) is 44.2 Å². The molecule has 0 radical (unpaired) electrons. The van der Waals surface area contributed by atoms with Crippen LogP contribution < -0.4 is 4.90 Å². The van der Waals surface area contributed by atoms with Gasteiger partial charge in [-0.25, -0.2) is 4.98 Å². The van der Waals surface area contributed by atoms with Crippen LogP contribution in [0.2, 0.25) is 0 Å². The number of para-hydroxylation sites is 2. The summed E-state index contributed by atoms with van der Waals surface area (Å²) < 4.78 is 19.4. The summed E-state index contributed by atoms with van der Waals surface area (Å²) in [6.07, 6.45) is 0. The van der Waals surface area contributed by atoms with Gasteiger partial charge in [-0.3, -0.25) is 0 Å². The number of fused-ring (bicyclic) bond motifs is 7. The smallest absolute Gasteiger partial charge is 0.227 e. The van der Waals surface area contributed by atoms with Crippen molar-refractivity contribution in [1.82, 2.24) is 4.98 Å². The number of anilines is 3. The number of aromatic nitrogens is 1. The Kier molecular flexibility index (Phi) is 6.79. The van der Waals surface area contributed by atoms with Crippen LogP contribution in [0.25, 0.3) is 88.7 Å². The Labute approximate surface area is 309 Å². The van der Waals surface area contributed by atoms with Crippen molar-refractivity contribution in [2.45, 2.75) is 0 Å². The Bertz CT molecular complexity index is 3140. The molecular formula is C49H30N2O3. The minimum Gasteiger partial charge on any atom is -0.456 e. The average Bonchev–Trinajstić information content (AvgIpc) is 3.95. The van der Waals surface area contributed by atoms with E-state index in [9.17, 15) is 0 Å². The van der Waals surface area contributed by atoms with Crippen molar-refractivity contribution in [3.8, 4) is 33.7 Å². The summed E-state index contributed by atoms with van der Waals surface area (Å²) in [7, 11) is 0. The minimum atomic E-state index is 0.577. The van der Waals surface area contributed by atoms with Crippen molar-refractivity contribution in [3.05, 3.63) is 182 Å². The van der Waals surface area contributed by atoms with Gasteiger partial charge in [-0.2, -0.15) is 0 Å². The zero-order chi connectivity index (χ0) is 35.6. The van der Waals surface area contributed by atoms with Crippen molar-refractivity contribution in [2.24, 2.45) is 0 Å². The average molecular weight is 695 g/mol. The molecule has 8 aromatic carbocycles. The van der Waals surface area contributed by atoms with Crippen LogP contribution in [0.4, 0.5) is 17.1 Å². The highest BCUT2D eigenvalue weighted by molar-refractivity contribution is 6.16. The zero-order valence-corrected chi connectivity index (χ0v) is 28.9. The number of furan rings is 2. The highest BCUT2D eigenvalue weighted by Gasteiger charge is 2.22. The first-order valence-corrected chi connectivity index (χ1v) is 18.0. The molecule has 0 aliphatic carbocycles. The van der Waals surface area contributed by atoms with Gasteiger partial charge in [-0.15, -0.1) is 0 Å². The van der Waals surface area contributed by atoms with E-state index >= 15 is 0 Å². The topological polar surface area (TPSA) is 55.6 Å². The van der Waals surface area contributed by atoms with Gasteiger partial charge in [0.1, 0.15) is 27.8 Å². The van der Waals surface area contributed by atoms with Crippen molar-refractivity contribution in [3.63, 3.8) is 0 Å². The molecule has 0 unspecified atom stereocenters. The number of hydrogen-bond acceptors (Lipinski definition) is 5. The van der Waals surface area contributed by atoms with E-state index in [2.05, 4.69) is 120 Å². The van der Waals surface area contributed by atoms with E-state index in [0.717, 1.165) is 88.7 Å². The molecule has 254 valence electrons. The first-order chi connectivity index (χ1) is 26.7. The maximum Gasteiger partial charge on any atom is 0.227 e. The van der Waals surface area contributed by atoms with Crippen molar-refractivity contribution in [2.75, 3.05) is 4.90 Å². The first kappa shape index (κ1) is 30.3. The Morgan fingerprint density at radius 1 is 0.352 bits per heavy atom. The largest absolute Gasteiger partial charge is 0.456 e. The predicted octanol–water partition coefficient (Wildman–Crippen LogP) is 14.1. The number of oxazole rings is 1. The van der Waals surface area contributed by atoms with Crippen molar-refractivity contribution < 1.29 is 13.3 Å². The van der Waals surface area contributed by atoms with Crippen LogP contribution in [0.3, 0.4) is 0 Å². The standard InChI is InChI=1S/C49H30N2O3/c1-3-11-31(12-4-1)32-19-23-35(24-20-32)51(37-27-28-45-40(29-37)38-15-7-9-17-43(38)52-45)36-25-21-33(22-26-36)46-47-41(39-16-8-10-18-44(39)53-47)30-42-48(46)54-49(50-42)34-13-5-2-6-14-34/h1-30H. The molecule has 0 spiro atoms.